The Hall–Kier alpha value is -2.58. The van der Waals surface area contributed by atoms with Crippen molar-refractivity contribution in [2.75, 3.05) is 40.9 Å². The number of rotatable bonds is 71. The average molecular weight is 1280 g/mol. The van der Waals surface area contributed by atoms with Crippen LogP contribution >= 0.6 is 7.82 Å². The molecule has 0 aromatic heterocycles. The van der Waals surface area contributed by atoms with E-state index >= 15 is 0 Å². The number of aliphatic hydroxyl groups excluding tert-OH is 1. The molecule has 0 saturated heterocycles. The van der Waals surface area contributed by atoms with Gasteiger partial charge >= 0.3 is 0 Å². The highest BCUT2D eigenvalue weighted by Gasteiger charge is 2.23. The quantitative estimate of drug-likeness (QED) is 0.0272. The Kier molecular flexibility index (Phi) is 68.7. The van der Waals surface area contributed by atoms with E-state index in [-0.39, 0.29) is 12.5 Å². The van der Waals surface area contributed by atoms with E-state index in [1.54, 1.807) is 6.08 Å². The molecule has 0 heterocycles. The van der Waals surface area contributed by atoms with Gasteiger partial charge in [-0.15, -0.1) is 0 Å². The zero-order chi connectivity index (χ0) is 65.5. The summed E-state index contributed by atoms with van der Waals surface area (Å²) in [6, 6.07) is -0.915. The summed E-state index contributed by atoms with van der Waals surface area (Å²) in [5, 5.41) is 14.0. The number of nitrogens with one attached hydrogen (secondary N) is 1. The smallest absolute Gasteiger partial charge is 0.268 e. The summed E-state index contributed by atoms with van der Waals surface area (Å²) >= 11 is 0. The molecular weight excluding hydrogens is 1130 g/mol. The maximum absolute atomic E-state index is 13.1. The predicted molar refractivity (Wildman–Crippen MR) is 394 cm³/mol. The molecule has 0 saturated carbocycles. The molecule has 0 aliphatic carbocycles. The van der Waals surface area contributed by atoms with Crippen molar-refractivity contribution >= 4 is 13.7 Å². The molecule has 90 heavy (non-hydrogen) atoms. The Morgan fingerprint density at radius 3 is 1.03 bits per heavy atom. The summed E-state index contributed by atoms with van der Waals surface area (Å²) in [4.78, 5) is 25.7. The van der Waals surface area contributed by atoms with Crippen LogP contribution in [0.15, 0.2) is 97.2 Å². The van der Waals surface area contributed by atoms with Crippen LogP contribution in [0.2, 0.25) is 0 Å². The molecule has 0 aromatic carbocycles. The first-order valence-corrected chi connectivity index (χ1v) is 40.1. The van der Waals surface area contributed by atoms with Gasteiger partial charge in [-0.1, -0.05) is 361 Å². The Labute approximate surface area is 559 Å². The average Bonchev–Trinajstić information content (AvgIpc) is 3.72. The second kappa shape index (κ2) is 70.7. The Bertz CT molecular complexity index is 1790. The van der Waals surface area contributed by atoms with E-state index in [0.717, 1.165) is 77.0 Å². The first-order chi connectivity index (χ1) is 44.0. The van der Waals surface area contributed by atoms with Crippen molar-refractivity contribution in [3.63, 3.8) is 0 Å². The molecule has 0 bridgehead atoms. The zero-order valence-corrected chi connectivity index (χ0v) is 61.0. The number of aliphatic hydroxyl groups is 1. The van der Waals surface area contributed by atoms with E-state index in [1.807, 2.05) is 27.2 Å². The molecule has 0 aliphatic heterocycles. The standard InChI is InChI=1S/C81H149N2O6P/c1-6-8-10-12-14-16-18-20-22-24-26-28-30-32-34-36-37-38-39-40-41-42-43-44-45-47-49-51-53-55-57-59-61-63-65-67-69-71-73-75-81(85)82-79(78-89-90(86,87)88-77-76-83(3,4)5)80(84)74-72-70-68-66-64-62-60-58-56-54-52-50-48-46-35-33-31-29-27-25-23-21-19-17-15-13-11-9-7-2/h8,10,14,16,20,22,26,28,32,34,56,58,64,66,72,74,79-80,84H,6-7,9,11-13,15,17-19,21,23-25,27,29-31,33,35-55,57,59-63,65,67-71,73,75-78H2,1-5H3,(H-,82,85,86,87)/b10-8-,16-14-,22-20-,28-26-,34-32-,58-56+,66-64+,74-72+. The van der Waals surface area contributed by atoms with Crippen molar-refractivity contribution in [3.8, 4) is 0 Å². The fraction of sp³-hybridized carbons (Fsp3) is 0.790. The van der Waals surface area contributed by atoms with Gasteiger partial charge in [0.1, 0.15) is 13.2 Å². The van der Waals surface area contributed by atoms with Crippen molar-refractivity contribution in [2.24, 2.45) is 0 Å². The fourth-order valence-corrected chi connectivity index (χ4v) is 12.1. The first-order valence-electron chi connectivity index (χ1n) is 38.6. The third kappa shape index (κ3) is 72.8. The molecule has 0 spiro atoms. The maximum Gasteiger partial charge on any atom is 0.268 e. The highest BCUT2D eigenvalue weighted by atomic mass is 31.2. The van der Waals surface area contributed by atoms with Crippen LogP contribution in [0.25, 0.3) is 0 Å². The largest absolute Gasteiger partial charge is 0.756 e. The van der Waals surface area contributed by atoms with E-state index in [4.69, 9.17) is 9.05 Å². The third-order valence-corrected chi connectivity index (χ3v) is 18.2. The van der Waals surface area contributed by atoms with Gasteiger partial charge in [-0.05, 0) is 89.9 Å². The Morgan fingerprint density at radius 2 is 0.689 bits per heavy atom. The van der Waals surface area contributed by atoms with Crippen LogP contribution in [0.3, 0.4) is 0 Å². The lowest BCUT2D eigenvalue weighted by Crippen LogP contribution is -2.45. The SMILES string of the molecule is CC/C=C\C/C=C\C/C=C\C/C=C\C/C=C\CCCCCCCCCCCCCCCCCCCCCCCCCC(=O)NC(COP(=O)([O-])OCC[N+](C)(C)C)C(O)/C=C/CC/C=C/CC/C=C/CCCCCCCCCCCCCCCCCCCCC. The highest BCUT2D eigenvalue weighted by Crippen LogP contribution is 2.38. The number of allylic oxidation sites excluding steroid dienone is 15. The minimum atomic E-state index is -4.62. The molecule has 2 N–H and O–H groups in total. The van der Waals surface area contributed by atoms with E-state index in [0.29, 0.717) is 17.4 Å². The van der Waals surface area contributed by atoms with E-state index in [9.17, 15) is 19.4 Å². The van der Waals surface area contributed by atoms with E-state index < -0.39 is 26.6 Å². The van der Waals surface area contributed by atoms with Crippen LogP contribution in [0, 0.1) is 0 Å². The highest BCUT2D eigenvalue weighted by molar-refractivity contribution is 7.45. The molecule has 1 amide bonds. The minimum absolute atomic E-state index is 0.0101. The van der Waals surface area contributed by atoms with Gasteiger partial charge in [0.25, 0.3) is 7.82 Å². The van der Waals surface area contributed by atoms with E-state index in [2.05, 4.69) is 104 Å². The van der Waals surface area contributed by atoms with Crippen LogP contribution in [-0.4, -0.2) is 68.5 Å². The Morgan fingerprint density at radius 1 is 0.400 bits per heavy atom. The summed E-state index contributed by atoms with van der Waals surface area (Å²) in [5.74, 6) is -0.207. The lowest BCUT2D eigenvalue weighted by Gasteiger charge is -2.29. The van der Waals surface area contributed by atoms with Crippen molar-refractivity contribution in [1.29, 1.82) is 0 Å². The number of carbonyl (C=O) groups is 1. The molecule has 9 heteroatoms. The molecule has 0 fully saturated rings. The minimum Gasteiger partial charge on any atom is -0.756 e. The van der Waals surface area contributed by atoms with Crippen LogP contribution in [0.4, 0.5) is 0 Å². The first kappa shape index (κ1) is 87.4. The third-order valence-electron chi connectivity index (χ3n) is 17.3. The monoisotopic (exact) mass is 1280 g/mol. The number of likely N-dealkylation sites (N-methyl/N-ethyl adjacent to an activating group) is 1. The predicted octanol–water partition coefficient (Wildman–Crippen LogP) is 24.6. The molecular formula is C81H149N2O6P. The number of nitrogens with zero attached hydrogens (tertiary/aromatic N) is 1. The Balaban J connectivity index is 4.02. The number of unbranched alkanes of at least 4 members (excludes halogenated alkanes) is 44. The van der Waals surface area contributed by atoms with Gasteiger partial charge in [-0.25, -0.2) is 0 Å². The normalized spacial score (nSPS) is 14.1. The molecule has 3 unspecified atom stereocenters. The number of hydrogen-bond donors (Lipinski definition) is 2. The lowest BCUT2D eigenvalue weighted by molar-refractivity contribution is -0.870. The van der Waals surface area contributed by atoms with Crippen LogP contribution in [0.5, 0.6) is 0 Å². The second-order valence-electron chi connectivity index (χ2n) is 27.3. The fourth-order valence-electron chi connectivity index (χ4n) is 11.3. The van der Waals surface area contributed by atoms with Crippen LogP contribution in [0.1, 0.15) is 361 Å². The molecule has 3 atom stereocenters. The number of quaternary nitrogens is 1. The molecule has 0 radical (unpaired) electrons. The van der Waals surface area contributed by atoms with E-state index in [1.165, 1.54) is 263 Å². The number of phosphoric ester groups is 1. The van der Waals surface area contributed by atoms with Crippen molar-refractivity contribution in [3.05, 3.63) is 97.2 Å². The summed E-state index contributed by atoms with van der Waals surface area (Å²) < 4.78 is 23.5. The second-order valence-corrected chi connectivity index (χ2v) is 28.7. The number of hydrogen-bond acceptors (Lipinski definition) is 6. The summed E-state index contributed by atoms with van der Waals surface area (Å²) in [6.45, 7) is 4.55. The summed E-state index contributed by atoms with van der Waals surface area (Å²) in [7, 11) is 1.24. The van der Waals surface area contributed by atoms with Gasteiger partial charge in [-0.2, -0.15) is 0 Å². The van der Waals surface area contributed by atoms with Crippen LogP contribution in [-0.2, 0) is 18.4 Å². The van der Waals surface area contributed by atoms with Crippen LogP contribution < -0.4 is 10.2 Å². The van der Waals surface area contributed by atoms with Crippen molar-refractivity contribution in [2.45, 2.75) is 373 Å². The van der Waals surface area contributed by atoms with Gasteiger partial charge in [-0.3, -0.25) is 9.36 Å². The number of phosphoric acid groups is 1. The zero-order valence-electron chi connectivity index (χ0n) is 60.1. The van der Waals surface area contributed by atoms with Gasteiger partial charge < -0.3 is 28.8 Å². The number of amides is 1. The lowest BCUT2D eigenvalue weighted by atomic mass is 10.0. The topological polar surface area (TPSA) is 108 Å². The van der Waals surface area contributed by atoms with Gasteiger partial charge in [0.2, 0.25) is 5.91 Å². The molecule has 0 rings (SSSR count). The molecule has 0 aromatic rings. The summed E-state index contributed by atoms with van der Waals surface area (Å²) in [5.41, 5.74) is 0. The van der Waals surface area contributed by atoms with Crippen molar-refractivity contribution < 1.29 is 32.9 Å². The molecule has 8 nitrogen and oxygen atoms in total. The number of carbonyl (C=O) groups excluding carboxylic acids is 1. The van der Waals surface area contributed by atoms with Crippen molar-refractivity contribution in [1.82, 2.24) is 5.32 Å². The molecule has 0 aliphatic rings. The van der Waals surface area contributed by atoms with Gasteiger partial charge in [0.15, 0.2) is 0 Å². The summed E-state index contributed by atoms with van der Waals surface area (Å²) in [6.07, 6.45) is 103. The molecule has 524 valence electrons. The van der Waals surface area contributed by atoms with Gasteiger partial charge in [0.05, 0.1) is 39.9 Å². The van der Waals surface area contributed by atoms with Gasteiger partial charge in [0, 0.05) is 6.42 Å². The maximum atomic E-state index is 13.1.